The van der Waals surface area contributed by atoms with Crippen LogP contribution < -0.4 is 22.2 Å². The van der Waals surface area contributed by atoms with Gasteiger partial charge in [-0.2, -0.15) is 5.10 Å². The van der Waals surface area contributed by atoms with E-state index in [0.29, 0.717) is 22.4 Å². The zero-order valence-electron chi connectivity index (χ0n) is 13.8. The Balaban J connectivity index is 1.79. The second-order valence-electron chi connectivity index (χ2n) is 5.94. The van der Waals surface area contributed by atoms with Crippen molar-refractivity contribution < 1.29 is 4.79 Å². The number of nitrogens with zero attached hydrogens (tertiary/aromatic N) is 3. The summed E-state index contributed by atoms with van der Waals surface area (Å²) in [4.78, 5) is 20.9. The molecule has 0 spiro atoms. The second-order valence-corrected chi connectivity index (χ2v) is 5.94. The number of hydrazone groups is 1. The Morgan fingerprint density at radius 3 is 2.80 bits per heavy atom. The molecular formula is C17H21N7O. The molecule has 0 aromatic carbocycles. The summed E-state index contributed by atoms with van der Waals surface area (Å²) in [6.07, 6.45) is 8.90. The van der Waals surface area contributed by atoms with E-state index in [9.17, 15) is 4.79 Å². The number of anilines is 1. The van der Waals surface area contributed by atoms with E-state index in [1.165, 1.54) is 12.4 Å². The Morgan fingerprint density at radius 2 is 2.08 bits per heavy atom. The first-order chi connectivity index (χ1) is 12.2. The van der Waals surface area contributed by atoms with E-state index in [2.05, 4.69) is 25.7 Å². The van der Waals surface area contributed by atoms with Crippen molar-refractivity contribution in [2.75, 3.05) is 5.32 Å². The van der Waals surface area contributed by atoms with Gasteiger partial charge < -0.3 is 16.9 Å². The number of urea groups is 1. The van der Waals surface area contributed by atoms with Crippen LogP contribution in [-0.2, 0) is 0 Å². The van der Waals surface area contributed by atoms with Crippen molar-refractivity contribution in [2.24, 2.45) is 16.7 Å². The standard InChI is InChI=1S/C17H21N7O/c18-8-12(10-21-19)11-7-15-14(20-9-11)5-6-16(23-15)24-17(25)22-13-3-1-2-4-13/h5-10,13H,1-4,18-19H2,(H2,22,23,24,25). The van der Waals surface area contributed by atoms with Crippen molar-refractivity contribution in [1.82, 2.24) is 15.3 Å². The van der Waals surface area contributed by atoms with E-state index in [1.807, 2.05) is 6.07 Å². The maximum atomic E-state index is 12.1. The lowest BCUT2D eigenvalue weighted by Crippen LogP contribution is -2.36. The highest BCUT2D eigenvalue weighted by molar-refractivity contribution is 6.10. The number of aromatic nitrogens is 2. The zero-order chi connectivity index (χ0) is 17.6. The summed E-state index contributed by atoms with van der Waals surface area (Å²) in [7, 11) is 0. The van der Waals surface area contributed by atoms with Gasteiger partial charge >= 0.3 is 6.03 Å². The highest BCUT2D eigenvalue weighted by atomic mass is 16.2. The molecule has 0 bridgehead atoms. The molecule has 2 amide bonds. The molecule has 6 N–H and O–H groups in total. The smallest absolute Gasteiger partial charge is 0.320 e. The van der Waals surface area contributed by atoms with Crippen molar-refractivity contribution >= 4 is 34.7 Å². The van der Waals surface area contributed by atoms with Crippen LogP contribution in [0, 0.1) is 0 Å². The Hall–Kier alpha value is -3.16. The van der Waals surface area contributed by atoms with Crippen LogP contribution in [0.3, 0.4) is 0 Å². The predicted octanol–water partition coefficient (Wildman–Crippen LogP) is 1.94. The van der Waals surface area contributed by atoms with E-state index in [0.717, 1.165) is 31.2 Å². The minimum absolute atomic E-state index is 0.235. The fourth-order valence-electron chi connectivity index (χ4n) is 2.94. The number of hydrogen-bond donors (Lipinski definition) is 4. The summed E-state index contributed by atoms with van der Waals surface area (Å²) in [5.41, 5.74) is 8.32. The van der Waals surface area contributed by atoms with Crippen LogP contribution in [0.15, 0.2) is 35.7 Å². The van der Waals surface area contributed by atoms with Crippen molar-refractivity contribution in [1.29, 1.82) is 0 Å². The summed E-state index contributed by atoms with van der Waals surface area (Å²) >= 11 is 0. The number of fused-ring (bicyclic) bond motifs is 1. The largest absolute Gasteiger partial charge is 0.404 e. The van der Waals surface area contributed by atoms with Crippen LogP contribution >= 0.6 is 0 Å². The molecule has 8 nitrogen and oxygen atoms in total. The summed E-state index contributed by atoms with van der Waals surface area (Å²) < 4.78 is 0. The first kappa shape index (κ1) is 16.7. The minimum atomic E-state index is -0.235. The van der Waals surface area contributed by atoms with Gasteiger partial charge in [0.1, 0.15) is 5.82 Å². The van der Waals surface area contributed by atoms with Crippen LogP contribution in [0.2, 0.25) is 0 Å². The molecule has 0 unspecified atom stereocenters. The van der Waals surface area contributed by atoms with Gasteiger partial charge in [-0.25, -0.2) is 9.78 Å². The number of carbonyl (C=O) groups excluding carboxylic acids is 1. The Kier molecular flexibility index (Phi) is 5.08. The van der Waals surface area contributed by atoms with Gasteiger partial charge in [-0.1, -0.05) is 12.8 Å². The van der Waals surface area contributed by atoms with Crippen LogP contribution in [0.25, 0.3) is 16.6 Å². The fourth-order valence-corrected chi connectivity index (χ4v) is 2.94. The van der Waals surface area contributed by atoms with Gasteiger partial charge in [0.25, 0.3) is 0 Å². The molecule has 0 saturated heterocycles. The van der Waals surface area contributed by atoms with Crippen LogP contribution in [-0.4, -0.2) is 28.3 Å². The predicted molar refractivity (Wildman–Crippen MR) is 98.8 cm³/mol. The quantitative estimate of drug-likeness (QED) is 0.384. The lowest BCUT2D eigenvalue weighted by atomic mass is 10.1. The Morgan fingerprint density at radius 1 is 1.28 bits per heavy atom. The number of amides is 2. The van der Waals surface area contributed by atoms with Crippen LogP contribution in [0.1, 0.15) is 31.2 Å². The molecule has 0 aliphatic heterocycles. The number of carbonyl (C=O) groups is 1. The molecular weight excluding hydrogens is 318 g/mol. The SMILES string of the molecule is NC=C(C=NN)c1cnc2ccc(NC(=O)NC3CCCC3)nc2c1. The molecule has 1 saturated carbocycles. The third-order valence-electron chi connectivity index (χ3n) is 4.20. The summed E-state index contributed by atoms with van der Waals surface area (Å²) in [6, 6.07) is 5.37. The van der Waals surface area contributed by atoms with E-state index in [4.69, 9.17) is 11.6 Å². The number of nitrogens with one attached hydrogen (secondary N) is 2. The van der Waals surface area contributed by atoms with Crippen molar-refractivity contribution in [3.05, 3.63) is 36.2 Å². The maximum Gasteiger partial charge on any atom is 0.320 e. The van der Waals surface area contributed by atoms with Gasteiger partial charge in [-0.05, 0) is 31.0 Å². The fraction of sp³-hybridized carbons (Fsp3) is 0.294. The van der Waals surface area contributed by atoms with E-state index < -0.39 is 0 Å². The highest BCUT2D eigenvalue weighted by Crippen LogP contribution is 2.19. The number of rotatable bonds is 4. The molecule has 2 aromatic rings. The molecule has 0 radical (unpaired) electrons. The van der Waals surface area contributed by atoms with Gasteiger partial charge in [0.2, 0.25) is 0 Å². The number of nitrogens with two attached hydrogens (primary N) is 2. The molecule has 2 aromatic heterocycles. The van der Waals surface area contributed by atoms with E-state index in [1.54, 1.807) is 18.3 Å². The average Bonchev–Trinajstić information content (AvgIpc) is 3.11. The topological polar surface area (TPSA) is 131 Å². The number of pyridine rings is 2. The summed E-state index contributed by atoms with van der Waals surface area (Å²) in [5, 5.41) is 9.22. The van der Waals surface area contributed by atoms with Crippen LogP contribution in [0.5, 0.6) is 0 Å². The van der Waals surface area contributed by atoms with Gasteiger partial charge in [-0.15, -0.1) is 0 Å². The lowest BCUT2D eigenvalue weighted by Gasteiger charge is -2.12. The lowest BCUT2D eigenvalue weighted by molar-refractivity contribution is 0.248. The Bertz CT molecular complexity index is 825. The van der Waals surface area contributed by atoms with Crippen LogP contribution in [0.4, 0.5) is 10.6 Å². The zero-order valence-corrected chi connectivity index (χ0v) is 13.8. The van der Waals surface area contributed by atoms with Gasteiger partial charge in [0.05, 0.1) is 17.2 Å². The monoisotopic (exact) mass is 339 g/mol. The first-order valence-corrected chi connectivity index (χ1v) is 8.19. The average molecular weight is 339 g/mol. The number of hydrogen-bond acceptors (Lipinski definition) is 6. The molecule has 0 atom stereocenters. The molecule has 130 valence electrons. The third kappa shape index (κ3) is 4.03. The first-order valence-electron chi connectivity index (χ1n) is 8.19. The Labute approximate surface area is 145 Å². The van der Waals surface area contributed by atoms with Gasteiger partial charge in [-0.3, -0.25) is 10.3 Å². The number of allylic oxidation sites excluding steroid dienone is 1. The third-order valence-corrected chi connectivity index (χ3v) is 4.20. The molecule has 8 heteroatoms. The molecule has 25 heavy (non-hydrogen) atoms. The van der Waals surface area contributed by atoms with E-state index in [-0.39, 0.29) is 12.1 Å². The maximum absolute atomic E-state index is 12.1. The van der Waals surface area contributed by atoms with E-state index >= 15 is 0 Å². The molecule has 3 rings (SSSR count). The van der Waals surface area contributed by atoms with Crippen molar-refractivity contribution in [2.45, 2.75) is 31.7 Å². The van der Waals surface area contributed by atoms with Gasteiger partial charge in [0.15, 0.2) is 0 Å². The highest BCUT2D eigenvalue weighted by Gasteiger charge is 2.17. The molecule has 1 aliphatic rings. The minimum Gasteiger partial charge on any atom is -0.404 e. The molecule has 1 fully saturated rings. The molecule has 1 aliphatic carbocycles. The molecule has 2 heterocycles. The van der Waals surface area contributed by atoms with Crippen molar-refractivity contribution in [3.8, 4) is 0 Å². The normalized spacial score (nSPS) is 15.8. The second kappa shape index (κ2) is 7.61. The summed E-state index contributed by atoms with van der Waals surface area (Å²) in [5.74, 6) is 5.65. The van der Waals surface area contributed by atoms with Crippen molar-refractivity contribution in [3.63, 3.8) is 0 Å². The summed E-state index contributed by atoms with van der Waals surface area (Å²) in [6.45, 7) is 0. The van der Waals surface area contributed by atoms with Gasteiger partial charge in [0, 0.05) is 29.6 Å².